The molecule has 3 heterocycles. The molecule has 0 bridgehead atoms. The van der Waals surface area contributed by atoms with E-state index < -0.39 is 0 Å². The monoisotopic (exact) mass is 348 g/mol. The Morgan fingerprint density at radius 1 is 1.39 bits per heavy atom. The summed E-state index contributed by atoms with van der Waals surface area (Å²) in [6.45, 7) is 3.32. The summed E-state index contributed by atoms with van der Waals surface area (Å²) in [5.41, 5.74) is 2.85. The van der Waals surface area contributed by atoms with Gasteiger partial charge in [0.1, 0.15) is 0 Å². The molecule has 3 rings (SSSR count). The molecule has 4 nitrogen and oxygen atoms in total. The van der Waals surface area contributed by atoms with E-state index in [1.54, 1.807) is 11.3 Å². The van der Waals surface area contributed by atoms with E-state index in [4.69, 9.17) is 0 Å². The van der Waals surface area contributed by atoms with Crippen molar-refractivity contribution in [3.05, 3.63) is 38.5 Å². The fraction of sp³-hybridized carbons (Fsp3) is 0.471. The third-order valence-electron chi connectivity index (χ3n) is 4.32. The first kappa shape index (κ1) is 16.3. The number of likely N-dealkylation sites (tertiary alicyclic amines) is 1. The highest BCUT2D eigenvalue weighted by Crippen LogP contribution is 2.24. The second-order valence-corrected chi connectivity index (χ2v) is 7.77. The van der Waals surface area contributed by atoms with Gasteiger partial charge in [-0.05, 0) is 37.6 Å². The molecular weight excluding hydrogens is 328 g/mol. The number of aryl methyl sites for hydroxylation is 2. The maximum atomic E-state index is 12.5. The molecular formula is C17H20N2O2S2. The number of thiazole rings is 1. The highest BCUT2D eigenvalue weighted by Gasteiger charge is 2.29. The summed E-state index contributed by atoms with van der Waals surface area (Å²) >= 11 is 3.09. The molecule has 1 aliphatic heterocycles. The number of ketones is 1. The second-order valence-electron chi connectivity index (χ2n) is 5.88. The predicted molar refractivity (Wildman–Crippen MR) is 93.1 cm³/mol. The van der Waals surface area contributed by atoms with Crippen LogP contribution in [-0.2, 0) is 11.2 Å². The van der Waals surface area contributed by atoms with Crippen LogP contribution >= 0.6 is 22.7 Å². The van der Waals surface area contributed by atoms with Crippen LogP contribution in [0.1, 0.15) is 39.5 Å². The van der Waals surface area contributed by atoms with Crippen molar-refractivity contribution in [1.29, 1.82) is 0 Å². The molecule has 1 aliphatic rings. The average Bonchev–Trinajstić information content (AvgIpc) is 3.24. The number of thiophene rings is 1. The fourth-order valence-corrected chi connectivity index (χ4v) is 4.51. The van der Waals surface area contributed by atoms with Gasteiger partial charge >= 0.3 is 0 Å². The molecule has 0 spiro atoms. The summed E-state index contributed by atoms with van der Waals surface area (Å²) in [6.07, 6.45) is 3.04. The SMILES string of the molecule is Cc1ncsc1CCC(=O)N1CCC[C@@H](C(=O)c2cccs2)C1. The van der Waals surface area contributed by atoms with Crippen molar-refractivity contribution in [3.8, 4) is 0 Å². The number of Topliss-reactive ketones (excluding diaryl/α,β-unsaturated/α-hetero) is 1. The van der Waals surface area contributed by atoms with Gasteiger partial charge in [-0.25, -0.2) is 4.98 Å². The van der Waals surface area contributed by atoms with Crippen LogP contribution in [-0.4, -0.2) is 34.7 Å². The lowest BCUT2D eigenvalue weighted by molar-refractivity contribution is -0.132. The van der Waals surface area contributed by atoms with Gasteiger partial charge in [0.15, 0.2) is 5.78 Å². The Morgan fingerprint density at radius 3 is 2.96 bits per heavy atom. The third kappa shape index (κ3) is 3.87. The highest BCUT2D eigenvalue weighted by molar-refractivity contribution is 7.12. The first-order chi connectivity index (χ1) is 11.1. The van der Waals surface area contributed by atoms with Gasteiger partial charge in [-0.3, -0.25) is 9.59 Å². The molecule has 6 heteroatoms. The van der Waals surface area contributed by atoms with Crippen LogP contribution in [0, 0.1) is 12.8 Å². The van der Waals surface area contributed by atoms with Crippen molar-refractivity contribution in [2.24, 2.45) is 5.92 Å². The van der Waals surface area contributed by atoms with Crippen LogP contribution in [0.25, 0.3) is 0 Å². The molecule has 23 heavy (non-hydrogen) atoms. The topological polar surface area (TPSA) is 50.3 Å². The van der Waals surface area contributed by atoms with Gasteiger partial charge in [-0.1, -0.05) is 6.07 Å². The van der Waals surface area contributed by atoms with Gasteiger partial charge in [-0.2, -0.15) is 0 Å². The fourth-order valence-electron chi connectivity index (χ4n) is 2.98. The number of hydrogen-bond donors (Lipinski definition) is 0. The largest absolute Gasteiger partial charge is 0.342 e. The van der Waals surface area contributed by atoms with Gasteiger partial charge in [0.2, 0.25) is 5.91 Å². The first-order valence-corrected chi connectivity index (χ1v) is 9.65. The van der Waals surface area contributed by atoms with Crippen LogP contribution < -0.4 is 0 Å². The van der Waals surface area contributed by atoms with E-state index in [0.717, 1.165) is 36.4 Å². The van der Waals surface area contributed by atoms with Gasteiger partial charge in [-0.15, -0.1) is 22.7 Å². The Bertz CT molecular complexity index is 679. The van der Waals surface area contributed by atoms with Crippen molar-refractivity contribution in [2.45, 2.75) is 32.6 Å². The molecule has 2 aromatic heterocycles. The molecule has 1 atom stereocenters. The number of carbonyl (C=O) groups is 2. The van der Waals surface area contributed by atoms with Crippen LogP contribution in [0.3, 0.4) is 0 Å². The summed E-state index contributed by atoms with van der Waals surface area (Å²) < 4.78 is 0. The Kier molecular flexibility index (Phi) is 5.23. The molecule has 1 fully saturated rings. The zero-order chi connectivity index (χ0) is 16.2. The van der Waals surface area contributed by atoms with E-state index in [-0.39, 0.29) is 17.6 Å². The Morgan fingerprint density at radius 2 is 2.26 bits per heavy atom. The van der Waals surface area contributed by atoms with E-state index >= 15 is 0 Å². The maximum Gasteiger partial charge on any atom is 0.222 e. The number of carbonyl (C=O) groups excluding carboxylic acids is 2. The number of hydrogen-bond acceptors (Lipinski definition) is 5. The van der Waals surface area contributed by atoms with Crippen LogP contribution in [0.2, 0.25) is 0 Å². The minimum Gasteiger partial charge on any atom is -0.342 e. The molecule has 0 radical (unpaired) electrons. The molecule has 2 aromatic rings. The lowest BCUT2D eigenvalue weighted by Gasteiger charge is -2.32. The predicted octanol–water partition coefficient (Wildman–Crippen LogP) is 3.57. The maximum absolute atomic E-state index is 12.5. The Labute approximate surface area is 144 Å². The van der Waals surface area contributed by atoms with Crippen molar-refractivity contribution in [3.63, 3.8) is 0 Å². The lowest BCUT2D eigenvalue weighted by atomic mass is 9.92. The van der Waals surface area contributed by atoms with E-state index in [1.807, 2.05) is 34.8 Å². The average molecular weight is 348 g/mol. The zero-order valence-corrected chi connectivity index (χ0v) is 14.8. The molecule has 0 N–H and O–H groups in total. The zero-order valence-electron chi connectivity index (χ0n) is 13.2. The third-order valence-corrected chi connectivity index (χ3v) is 6.20. The molecule has 1 amide bonds. The molecule has 0 saturated carbocycles. The Hall–Kier alpha value is -1.53. The lowest BCUT2D eigenvalue weighted by Crippen LogP contribution is -2.42. The number of amides is 1. The van der Waals surface area contributed by atoms with Crippen LogP contribution in [0.5, 0.6) is 0 Å². The van der Waals surface area contributed by atoms with Crippen molar-refractivity contribution in [1.82, 2.24) is 9.88 Å². The molecule has 0 aliphatic carbocycles. The normalized spacial score (nSPS) is 18.1. The van der Waals surface area contributed by atoms with Crippen molar-refractivity contribution >= 4 is 34.4 Å². The second kappa shape index (κ2) is 7.36. The first-order valence-electron chi connectivity index (χ1n) is 7.89. The van der Waals surface area contributed by atoms with Gasteiger partial charge in [0.05, 0.1) is 16.1 Å². The molecule has 0 unspecified atom stereocenters. The van der Waals surface area contributed by atoms with Crippen LogP contribution in [0.4, 0.5) is 0 Å². The molecule has 122 valence electrons. The highest BCUT2D eigenvalue weighted by atomic mass is 32.1. The summed E-state index contributed by atoms with van der Waals surface area (Å²) in [4.78, 5) is 33.0. The van der Waals surface area contributed by atoms with Crippen molar-refractivity contribution < 1.29 is 9.59 Å². The Balaban J connectivity index is 1.56. The van der Waals surface area contributed by atoms with E-state index in [2.05, 4.69) is 4.98 Å². The minimum absolute atomic E-state index is 0.0449. The van der Waals surface area contributed by atoms with Gasteiger partial charge < -0.3 is 4.90 Å². The summed E-state index contributed by atoms with van der Waals surface area (Å²) in [6, 6.07) is 3.78. The van der Waals surface area contributed by atoms with Crippen LogP contribution in [0.15, 0.2) is 23.0 Å². The summed E-state index contributed by atoms with van der Waals surface area (Å²) in [5, 5.41) is 1.93. The van der Waals surface area contributed by atoms with E-state index in [9.17, 15) is 9.59 Å². The number of aromatic nitrogens is 1. The number of piperidine rings is 1. The standard InChI is InChI=1S/C17H20N2O2S2/c1-12-14(23-11-18-12)6-7-16(20)19-8-2-4-13(10-19)17(21)15-5-3-9-22-15/h3,5,9,11,13H,2,4,6-8,10H2,1H3/t13-/m1/s1. The van der Waals surface area contributed by atoms with E-state index in [0.29, 0.717) is 13.0 Å². The molecule has 1 saturated heterocycles. The summed E-state index contributed by atoms with van der Waals surface area (Å²) in [7, 11) is 0. The summed E-state index contributed by atoms with van der Waals surface area (Å²) in [5.74, 6) is 0.300. The van der Waals surface area contributed by atoms with Gasteiger partial charge in [0, 0.05) is 30.3 Å². The quantitative estimate of drug-likeness (QED) is 0.776. The minimum atomic E-state index is -0.0449. The number of nitrogens with zero attached hydrogens (tertiary/aromatic N) is 2. The van der Waals surface area contributed by atoms with E-state index in [1.165, 1.54) is 16.2 Å². The molecule has 0 aromatic carbocycles. The number of rotatable bonds is 5. The van der Waals surface area contributed by atoms with Gasteiger partial charge in [0.25, 0.3) is 0 Å². The van der Waals surface area contributed by atoms with Crippen molar-refractivity contribution in [2.75, 3.05) is 13.1 Å². The smallest absolute Gasteiger partial charge is 0.222 e.